The van der Waals surface area contributed by atoms with Crippen LogP contribution in [0.15, 0.2) is 46.8 Å². The molecule has 2 N–H and O–H groups in total. The van der Waals surface area contributed by atoms with Crippen molar-refractivity contribution in [3.05, 3.63) is 57.8 Å². The SMILES string of the molecule is CCNC(=NCc1ccccc1CN(C)C(C)C)NCCc1cccs1. The second kappa shape index (κ2) is 11.0. The zero-order chi connectivity index (χ0) is 18.8. The number of nitrogens with one attached hydrogen (secondary N) is 2. The predicted molar refractivity (Wildman–Crippen MR) is 114 cm³/mol. The molecule has 4 nitrogen and oxygen atoms in total. The first-order valence-corrected chi connectivity index (χ1v) is 10.3. The largest absolute Gasteiger partial charge is 0.357 e. The van der Waals surface area contributed by atoms with Crippen LogP contribution in [0.5, 0.6) is 0 Å². The van der Waals surface area contributed by atoms with Crippen LogP contribution in [0.4, 0.5) is 0 Å². The topological polar surface area (TPSA) is 39.7 Å². The lowest BCUT2D eigenvalue weighted by molar-refractivity contribution is 0.265. The molecule has 0 saturated heterocycles. The Labute approximate surface area is 162 Å². The van der Waals surface area contributed by atoms with Crippen LogP contribution in [-0.2, 0) is 19.5 Å². The summed E-state index contributed by atoms with van der Waals surface area (Å²) in [5.74, 6) is 0.885. The molecule has 1 heterocycles. The van der Waals surface area contributed by atoms with Crippen molar-refractivity contribution in [1.29, 1.82) is 0 Å². The lowest BCUT2D eigenvalue weighted by Crippen LogP contribution is -2.38. The van der Waals surface area contributed by atoms with Gasteiger partial charge in [-0.15, -0.1) is 11.3 Å². The third-order valence-corrected chi connectivity index (χ3v) is 5.35. The van der Waals surface area contributed by atoms with E-state index in [0.29, 0.717) is 12.6 Å². The first-order chi connectivity index (χ1) is 12.6. The average molecular weight is 373 g/mol. The molecule has 1 aromatic heterocycles. The molecule has 2 rings (SSSR count). The molecule has 0 aliphatic heterocycles. The monoisotopic (exact) mass is 372 g/mol. The summed E-state index contributed by atoms with van der Waals surface area (Å²) in [7, 11) is 2.17. The fourth-order valence-corrected chi connectivity index (χ4v) is 3.29. The molecule has 0 radical (unpaired) electrons. The van der Waals surface area contributed by atoms with Gasteiger partial charge >= 0.3 is 0 Å². The van der Waals surface area contributed by atoms with Gasteiger partial charge in [0.15, 0.2) is 5.96 Å². The van der Waals surface area contributed by atoms with Gasteiger partial charge in [-0.3, -0.25) is 4.90 Å². The van der Waals surface area contributed by atoms with Crippen LogP contribution < -0.4 is 10.6 Å². The van der Waals surface area contributed by atoms with E-state index in [1.54, 1.807) is 11.3 Å². The highest BCUT2D eigenvalue weighted by Crippen LogP contribution is 2.13. The number of hydrogen-bond donors (Lipinski definition) is 2. The van der Waals surface area contributed by atoms with E-state index >= 15 is 0 Å². The van der Waals surface area contributed by atoms with Gasteiger partial charge in [0.25, 0.3) is 0 Å². The molecule has 0 aliphatic rings. The molecule has 0 saturated carbocycles. The van der Waals surface area contributed by atoms with E-state index < -0.39 is 0 Å². The molecule has 0 amide bonds. The Kier molecular flexibility index (Phi) is 8.65. The van der Waals surface area contributed by atoms with Crippen molar-refractivity contribution in [2.75, 3.05) is 20.1 Å². The molecule has 0 fully saturated rings. The summed E-state index contributed by atoms with van der Waals surface area (Å²) in [6.45, 7) is 9.94. The quantitative estimate of drug-likeness (QED) is 0.518. The standard InChI is InChI=1S/C21H32N4S/c1-5-22-21(23-13-12-20-11-8-14-26-20)24-15-18-9-6-7-10-19(18)16-25(4)17(2)3/h6-11,14,17H,5,12-13,15-16H2,1-4H3,(H2,22,23,24). The molecule has 142 valence electrons. The van der Waals surface area contributed by atoms with Gasteiger partial charge in [0.1, 0.15) is 0 Å². The fourth-order valence-electron chi connectivity index (χ4n) is 2.58. The normalized spacial score (nSPS) is 12.0. The fraction of sp³-hybridized carbons (Fsp3) is 0.476. The van der Waals surface area contributed by atoms with Crippen LogP contribution in [0, 0.1) is 0 Å². The summed E-state index contributed by atoms with van der Waals surface area (Å²) in [4.78, 5) is 8.55. The van der Waals surface area contributed by atoms with E-state index in [1.165, 1.54) is 16.0 Å². The summed E-state index contributed by atoms with van der Waals surface area (Å²) in [6, 6.07) is 13.4. The van der Waals surface area contributed by atoms with Crippen LogP contribution in [-0.4, -0.2) is 37.0 Å². The summed E-state index contributed by atoms with van der Waals surface area (Å²) < 4.78 is 0. The highest BCUT2D eigenvalue weighted by atomic mass is 32.1. The van der Waals surface area contributed by atoms with Crippen LogP contribution in [0.2, 0.25) is 0 Å². The second-order valence-electron chi connectivity index (χ2n) is 6.73. The minimum atomic E-state index is 0.530. The highest BCUT2D eigenvalue weighted by Gasteiger charge is 2.08. The van der Waals surface area contributed by atoms with Gasteiger partial charge in [-0.25, -0.2) is 4.99 Å². The van der Waals surface area contributed by atoms with Crippen LogP contribution in [0.1, 0.15) is 36.8 Å². The molecule has 0 atom stereocenters. The van der Waals surface area contributed by atoms with Gasteiger partial charge in [0.05, 0.1) is 6.54 Å². The molecule has 0 bridgehead atoms. The van der Waals surface area contributed by atoms with Crippen LogP contribution >= 0.6 is 11.3 Å². The van der Waals surface area contributed by atoms with E-state index in [9.17, 15) is 0 Å². The van der Waals surface area contributed by atoms with Gasteiger partial charge < -0.3 is 10.6 Å². The zero-order valence-corrected chi connectivity index (χ0v) is 17.3. The van der Waals surface area contributed by atoms with Gasteiger partial charge in [-0.1, -0.05) is 30.3 Å². The van der Waals surface area contributed by atoms with Gasteiger partial charge in [0, 0.05) is 30.6 Å². The Hall–Kier alpha value is -1.85. The third kappa shape index (κ3) is 6.81. The highest BCUT2D eigenvalue weighted by molar-refractivity contribution is 7.09. The Morgan fingerprint density at radius 3 is 2.54 bits per heavy atom. The first-order valence-electron chi connectivity index (χ1n) is 9.41. The average Bonchev–Trinajstić information content (AvgIpc) is 3.14. The van der Waals surface area contributed by atoms with Crippen molar-refractivity contribution < 1.29 is 0 Å². The molecular weight excluding hydrogens is 340 g/mol. The number of thiophene rings is 1. The molecule has 0 spiro atoms. The predicted octanol–water partition coefficient (Wildman–Crippen LogP) is 3.89. The summed E-state index contributed by atoms with van der Waals surface area (Å²) in [6.07, 6.45) is 1.03. The third-order valence-electron chi connectivity index (χ3n) is 4.42. The van der Waals surface area contributed by atoms with Crippen molar-refractivity contribution in [2.24, 2.45) is 4.99 Å². The molecule has 0 aliphatic carbocycles. The molecular formula is C21H32N4S. The Balaban J connectivity index is 1.97. The number of rotatable bonds is 9. The maximum absolute atomic E-state index is 4.79. The number of aliphatic imine (C=N–C) groups is 1. The van der Waals surface area contributed by atoms with Crippen molar-refractivity contribution in [2.45, 2.75) is 46.3 Å². The van der Waals surface area contributed by atoms with Crippen LogP contribution in [0.3, 0.4) is 0 Å². The minimum Gasteiger partial charge on any atom is -0.357 e. The van der Waals surface area contributed by atoms with Crippen molar-refractivity contribution in [3.8, 4) is 0 Å². The van der Waals surface area contributed by atoms with Gasteiger partial charge in [-0.2, -0.15) is 0 Å². The number of nitrogens with zero attached hydrogens (tertiary/aromatic N) is 2. The van der Waals surface area contributed by atoms with E-state index in [4.69, 9.17) is 4.99 Å². The number of hydrogen-bond acceptors (Lipinski definition) is 3. The maximum atomic E-state index is 4.79. The van der Waals surface area contributed by atoms with Crippen LogP contribution in [0.25, 0.3) is 0 Å². The van der Waals surface area contributed by atoms with Crippen molar-refractivity contribution in [3.63, 3.8) is 0 Å². The Bertz CT molecular complexity index is 664. The molecule has 1 aromatic carbocycles. The lowest BCUT2D eigenvalue weighted by Gasteiger charge is -2.22. The van der Waals surface area contributed by atoms with E-state index in [1.807, 2.05) is 0 Å². The first kappa shape index (κ1) is 20.5. The summed E-state index contributed by atoms with van der Waals surface area (Å²) >= 11 is 1.80. The smallest absolute Gasteiger partial charge is 0.191 e. The van der Waals surface area contributed by atoms with Gasteiger partial charge in [-0.05, 0) is 56.8 Å². The van der Waals surface area contributed by atoms with E-state index in [2.05, 4.69) is 85.1 Å². The minimum absolute atomic E-state index is 0.530. The lowest BCUT2D eigenvalue weighted by atomic mass is 10.1. The van der Waals surface area contributed by atoms with Gasteiger partial charge in [0.2, 0.25) is 0 Å². The number of guanidine groups is 1. The van der Waals surface area contributed by atoms with Crippen molar-refractivity contribution >= 4 is 17.3 Å². The zero-order valence-electron chi connectivity index (χ0n) is 16.5. The Morgan fingerprint density at radius 1 is 1.12 bits per heavy atom. The molecule has 5 heteroatoms. The van der Waals surface area contributed by atoms with E-state index in [-0.39, 0.29) is 0 Å². The van der Waals surface area contributed by atoms with Crippen molar-refractivity contribution in [1.82, 2.24) is 15.5 Å². The molecule has 26 heavy (non-hydrogen) atoms. The molecule has 2 aromatic rings. The Morgan fingerprint density at radius 2 is 1.88 bits per heavy atom. The summed E-state index contributed by atoms with van der Waals surface area (Å²) in [5, 5.41) is 8.91. The van der Waals surface area contributed by atoms with E-state index in [0.717, 1.165) is 32.0 Å². The molecule has 0 unspecified atom stereocenters. The maximum Gasteiger partial charge on any atom is 0.191 e. The number of benzene rings is 1. The summed E-state index contributed by atoms with van der Waals surface area (Å²) in [5.41, 5.74) is 2.64. The second-order valence-corrected chi connectivity index (χ2v) is 7.76.